The Morgan fingerprint density at radius 1 is 1.41 bits per heavy atom. The Labute approximate surface area is 102 Å². The van der Waals surface area contributed by atoms with Crippen LogP contribution in [0.25, 0.3) is 0 Å². The number of carboxylic acids is 1. The summed E-state index contributed by atoms with van der Waals surface area (Å²) in [7, 11) is 3.82. The topological polar surface area (TPSA) is 49.8 Å². The van der Waals surface area contributed by atoms with Gasteiger partial charge in [-0.15, -0.1) is 0 Å². The van der Waals surface area contributed by atoms with Gasteiger partial charge < -0.3 is 14.7 Å². The molecule has 1 aromatic rings. The third-order valence-corrected chi connectivity index (χ3v) is 2.47. The Morgan fingerprint density at radius 2 is 2.12 bits per heavy atom. The largest absolute Gasteiger partial charge is 0.493 e. The minimum atomic E-state index is -0.957. The van der Waals surface area contributed by atoms with E-state index < -0.39 is 5.97 Å². The van der Waals surface area contributed by atoms with Crippen molar-refractivity contribution in [2.24, 2.45) is 0 Å². The van der Waals surface area contributed by atoms with Crippen molar-refractivity contribution in [3.8, 4) is 5.75 Å². The van der Waals surface area contributed by atoms with Gasteiger partial charge in [0.05, 0.1) is 6.61 Å². The van der Waals surface area contributed by atoms with Crippen molar-refractivity contribution < 1.29 is 14.6 Å². The van der Waals surface area contributed by atoms with Gasteiger partial charge in [-0.2, -0.15) is 0 Å². The van der Waals surface area contributed by atoms with Crippen molar-refractivity contribution in [3.63, 3.8) is 0 Å². The van der Waals surface area contributed by atoms with E-state index in [2.05, 4.69) is 6.92 Å². The van der Waals surface area contributed by atoms with E-state index in [4.69, 9.17) is 9.84 Å². The molecule has 0 aromatic heterocycles. The van der Waals surface area contributed by atoms with Gasteiger partial charge in [0.15, 0.2) is 0 Å². The van der Waals surface area contributed by atoms with Crippen LogP contribution < -0.4 is 9.64 Å². The fourth-order valence-electron chi connectivity index (χ4n) is 1.41. The number of aromatic carboxylic acids is 1. The SMILES string of the molecule is CCCCOc1cc(N(C)C)ccc1C(=O)O. The average Bonchev–Trinajstić information content (AvgIpc) is 2.28. The maximum atomic E-state index is 11.0. The normalized spacial score (nSPS) is 10.1. The summed E-state index contributed by atoms with van der Waals surface area (Å²) in [6.45, 7) is 2.62. The van der Waals surface area contributed by atoms with Crippen molar-refractivity contribution >= 4 is 11.7 Å². The third-order valence-electron chi connectivity index (χ3n) is 2.47. The minimum Gasteiger partial charge on any atom is -0.493 e. The highest BCUT2D eigenvalue weighted by molar-refractivity contribution is 5.91. The van der Waals surface area contributed by atoms with Crippen molar-refractivity contribution in [1.29, 1.82) is 0 Å². The summed E-state index contributed by atoms with van der Waals surface area (Å²) in [4.78, 5) is 13.0. The molecule has 0 saturated carbocycles. The number of anilines is 1. The highest BCUT2D eigenvalue weighted by atomic mass is 16.5. The van der Waals surface area contributed by atoms with Crippen molar-refractivity contribution in [3.05, 3.63) is 23.8 Å². The lowest BCUT2D eigenvalue weighted by Gasteiger charge is -2.15. The number of rotatable bonds is 6. The standard InChI is InChI=1S/C13H19NO3/c1-4-5-8-17-12-9-10(14(2)3)6-7-11(12)13(15)16/h6-7,9H,4-5,8H2,1-3H3,(H,15,16). The first-order valence-corrected chi connectivity index (χ1v) is 5.73. The van der Waals surface area contributed by atoms with E-state index in [1.54, 1.807) is 18.2 Å². The number of carboxylic acid groups (broad SMARTS) is 1. The summed E-state index contributed by atoms with van der Waals surface area (Å²) in [5, 5.41) is 9.06. The summed E-state index contributed by atoms with van der Waals surface area (Å²) in [5.74, 6) is -0.515. The van der Waals surface area contributed by atoms with Crippen LogP contribution in [0.1, 0.15) is 30.1 Å². The Balaban J connectivity index is 2.94. The summed E-state index contributed by atoms with van der Waals surface area (Å²) >= 11 is 0. The molecule has 0 saturated heterocycles. The molecular weight excluding hydrogens is 218 g/mol. The molecule has 0 atom stereocenters. The van der Waals surface area contributed by atoms with Gasteiger partial charge in [0.2, 0.25) is 0 Å². The second-order valence-corrected chi connectivity index (χ2v) is 4.08. The molecule has 0 radical (unpaired) electrons. The molecule has 0 unspecified atom stereocenters. The lowest BCUT2D eigenvalue weighted by atomic mass is 10.1. The molecule has 1 aromatic carbocycles. The van der Waals surface area contributed by atoms with Crippen molar-refractivity contribution in [2.75, 3.05) is 25.6 Å². The van der Waals surface area contributed by atoms with Gasteiger partial charge in [-0.3, -0.25) is 0 Å². The second-order valence-electron chi connectivity index (χ2n) is 4.08. The number of benzene rings is 1. The summed E-state index contributed by atoms with van der Waals surface area (Å²) in [6, 6.07) is 5.12. The Hall–Kier alpha value is -1.71. The third kappa shape index (κ3) is 3.66. The molecule has 0 aliphatic heterocycles. The number of hydrogen-bond acceptors (Lipinski definition) is 3. The van der Waals surface area contributed by atoms with Gasteiger partial charge >= 0.3 is 5.97 Å². The molecular formula is C13H19NO3. The molecule has 0 bridgehead atoms. The predicted molar refractivity (Wildman–Crippen MR) is 68.1 cm³/mol. The highest BCUT2D eigenvalue weighted by Crippen LogP contribution is 2.25. The first kappa shape index (κ1) is 13.4. The fourth-order valence-corrected chi connectivity index (χ4v) is 1.41. The van der Waals surface area contributed by atoms with Crippen molar-refractivity contribution in [2.45, 2.75) is 19.8 Å². The fraction of sp³-hybridized carbons (Fsp3) is 0.462. The van der Waals surface area contributed by atoms with Crippen LogP contribution in [0, 0.1) is 0 Å². The number of carbonyl (C=O) groups is 1. The van der Waals surface area contributed by atoms with Crippen LogP contribution >= 0.6 is 0 Å². The summed E-state index contributed by atoms with van der Waals surface area (Å²) < 4.78 is 5.52. The molecule has 17 heavy (non-hydrogen) atoms. The van der Waals surface area contributed by atoms with Gasteiger partial charge in [0.25, 0.3) is 0 Å². The van der Waals surface area contributed by atoms with Crippen LogP contribution in [0.4, 0.5) is 5.69 Å². The lowest BCUT2D eigenvalue weighted by Crippen LogP contribution is -2.10. The smallest absolute Gasteiger partial charge is 0.339 e. The average molecular weight is 237 g/mol. The zero-order chi connectivity index (χ0) is 12.8. The number of hydrogen-bond donors (Lipinski definition) is 1. The van der Waals surface area contributed by atoms with Gasteiger partial charge in [-0.25, -0.2) is 4.79 Å². The Morgan fingerprint density at radius 3 is 2.65 bits per heavy atom. The van der Waals surface area contributed by atoms with Crippen LogP contribution in [0.5, 0.6) is 5.75 Å². The molecule has 0 spiro atoms. The molecule has 0 amide bonds. The number of nitrogens with zero attached hydrogens (tertiary/aromatic N) is 1. The second kappa shape index (κ2) is 6.13. The van der Waals surface area contributed by atoms with E-state index in [1.807, 2.05) is 19.0 Å². The van der Waals surface area contributed by atoms with E-state index in [1.165, 1.54) is 0 Å². The Bertz CT molecular complexity index is 388. The van der Waals surface area contributed by atoms with E-state index in [0.29, 0.717) is 12.4 Å². The molecule has 1 N–H and O–H groups in total. The molecule has 94 valence electrons. The van der Waals surface area contributed by atoms with E-state index >= 15 is 0 Å². The monoisotopic (exact) mass is 237 g/mol. The molecule has 0 heterocycles. The van der Waals surface area contributed by atoms with Gasteiger partial charge in [-0.1, -0.05) is 13.3 Å². The van der Waals surface area contributed by atoms with E-state index in [-0.39, 0.29) is 5.56 Å². The van der Waals surface area contributed by atoms with Crippen LogP contribution in [-0.2, 0) is 0 Å². The van der Waals surface area contributed by atoms with Gasteiger partial charge in [0.1, 0.15) is 11.3 Å². The first-order valence-electron chi connectivity index (χ1n) is 5.73. The first-order chi connectivity index (χ1) is 8.06. The Kier molecular flexibility index (Phi) is 4.82. The van der Waals surface area contributed by atoms with Crippen LogP contribution in [0.15, 0.2) is 18.2 Å². The van der Waals surface area contributed by atoms with Crippen LogP contribution in [-0.4, -0.2) is 31.8 Å². The van der Waals surface area contributed by atoms with Gasteiger partial charge in [-0.05, 0) is 18.6 Å². The lowest BCUT2D eigenvalue weighted by molar-refractivity contribution is 0.0692. The van der Waals surface area contributed by atoms with E-state index in [0.717, 1.165) is 18.5 Å². The van der Waals surface area contributed by atoms with Crippen LogP contribution in [0.2, 0.25) is 0 Å². The number of ether oxygens (including phenoxy) is 1. The van der Waals surface area contributed by atoms with E-state index in [9.17, 15) is 4.79 Å². The van der Waals surface area contributed by atoms with Crippen molar-refractivity contribution in [1.82, 2.24) is 0 Å². The molecule has 1 rings (SSSR count). The molecule has 0 aliphatic carbocycles. The minimum absolute atomic E-state index is 0.215. The maximum Gasteiger partial charge on any atom is 0.339 e. The predicted octanol–water partition coefficient (Wildman–Crippen LogP) is 2.63. The molecule has 4 nitrogen and oxygen atoms in total. The molecule has 0 fully saturated rings. The molecule has 4 heteroatoms. The molecule has 0 aliphatic rings. The highest BCUT2D eigenvalue weighted by Gasteiger charge is 2.12. The zero-order valence-corrected chi connectivity index (χ0v) is 10.6. The van der Waals surface area contributed by atoms with Gasteiger partial charge in [0, 0.05) is 25.8 Å². The summed E-state index contributed by atoms with van der Waals surface area (Å²) in [5.41, 5.74) is 1.15. The zero-order valence-electron chi connectivity index (χ0n) is 10.6. The number of unbranched alkanes of at least 4 members (excludes halogenated alkanes) is 1. The van der Waals surface area contributed by atoms with Crippen LogP contribution in [0.3, 0.4) is 0 Å². The maximum absolute atomic E-state index is 11.0. The quantitative estimate of drug-likeness (QED) is 0.773. The summed E-state index contributed by atoms with van der Waals surface area (Å²) in [6.07, 6.45) is 1.95.